The molecule has 0 spiro atoms. The molecule has 17 heavy (non-hydrogen) atoms. The Morgan fingerprint density at radius 2 is 1.53 bits per heavy atom. The fourth-order valence-electron chi connectivity index (χ4n) is 1.75. The van der Waals surface area contributed by atoms with Gasteiger partial charge in [-0.3, -0.25) is 9.36 Å². The molecule has 1 aromatic rings. The molecule has 0 unspecified atom stereocenters. The Kier molecular flexibility index (Phi) is 5.39. The summed E-state index contributed by atoms with van der Waals surface area (Å²) >= 11 is 0. The van der Waals surface area contributed by atoms with Crippen LogP contribution >= 0.6 is 0 Å². The maximum atomic E-state index is 10.3. The standard InChI is InChI=1S/C12H19NO4/c14-10-7-8-11(15)13(10)9-5-3-1-2-4-6-12(16)17/h7-8,14-15H,1-6,9H2,(H,16,17). The van der Waals surface area contributed by atoms with Crippen molar-refractivity contribution >= 4 is 5.97 Å². The number of hydrogen-bond donors (Lipinski definition) is 3. The van der Waals surface area contributed by atoms with E-state index in [0.717, 1.165) is 32.1 Å². The number of aromatic nitrogens is 1. The fraction of sp³-hybridized carbons (Fsp3) is 0.583. The van der Waals surface area contributed by atoms with E-state index >= 15 is 0 Å². The lowest BCUT2D eigenvalue weighted by molar-refractivity contribution is -0.137. The van der Waals surface area contributed by atoms with E-state index in [-0.39, 0.29) is 18.2 Å². The zero-order chi connectivity index (χ0) is 12.7. The van der Waals surface area contributed by atoms with Crippen LogP contribution in [0.5, 0.6) is 11.8 Å². The summed E-state index contributed by atoms with van der Waals surface area (Å²) in [7, 11) is 0. The molecular formula is C12H19NO4. The highest BCUT2D eigenvalue weighted by Gasteiger charge is 2.04. The van der Waals surface area contributed by atoms with Crippen LogP contribution in [0.4, 0.5) is 0 Å². The second-order valence-corrected chi connectivity index (χ2v) is 4.11. The summed E-state index contributed by atoms with van der Waals surface area (Å²) in [5.41, 5.74) is 0. The van der Waals surface area contributed by atoms with E-state index in [1.54, 1.807) is 0 Å². The predicted octanol–water partition coefficient (Wildman–Crippen LogP) is 2.32. The molecule has 5 nitrogen and oxygen atoms in total. The lowest BCUT2D eigenvalue weighted by Crippen LogP contribution is -1.97. The van der Waals surface area contributed by atoms with Gasteiger partial charge in [-0.2, -0.15) is 0 Å². The zero-order valence-electron chi connectivity index (χ0n) is 9.80. The highest BCUT2D eigenvalue weighted by Crippen LogP contribution is 2.21. The van der Waals surface area contributed by atoms with Gasteiger partial charge in [0.15, 0.2) is 11.8 Å². The Labute approximate surface area is 100 Å². The smallest absolute Gasteiger partial charge is 0.303 e. The molecule has 0 aliphatic rings. The van der Waals surface area contributed by atoms with Gasteiger partial charge in [-0.05, 0) is 12.8 Å². The SMILES string of the molecule is O=C(O)CCCCCCCn1c(O)ccc1O. The molecule has 1 heterocycles. The molecule has 1 aromatic heterocycles. The third kappa shape index (κ3) is 4.80. The number of carboxylic acids is 1. The summed E-state index contributed by atoms with van der Waals surface area (Å²) in [5, 5.41) is 27.2. The number of aliphatic carboxylic acids is 1. The maximum Gasteiger partial charge on any atom is 0.303 e. The van der Waals surface area contributed by atoms with Gasteiger partial charge in [-0.25, -0.2) is 0 Å². The molecule has 0 aromatic carbocycles. The number of rotatable bonds is 8. The van der Waals surface area contributed by atoms with Gasteiger partial charge >= 0.3 is 5.97 Å². The van der Waals surface area contributed by atoms with Gasteiger partial charge in [0.1, 0.15) is 0 Å². The Bertz CT molecular complexity index is 340. The van der Waals surface area contributed by atoms with Gasteiger partial charge < -0.3 is 15.3 Å². The topological polar surface area (TPSA) is 82.7 Å². The molecule has 0 aliphatic carbocycles. The van der Waals surface area contributed by atoms with Crippen LogP contribution in [0, 0.1) is 0 Å². The Hall–Kier alpha value is -1.65. The van der Waals surface area contributed by atoms with Gasteiger partial charge in [-0.1, -0.05) is 19.3 Å². The lowest BCUT2D eigenvalue weighted by Gasteiger charge is -2.06. The highest BCUT2D eigenvalue weighted by molar-refractivity contribution is 5.66. The number of nitrogens with zero attached hydrogens (tertiary/aromatic N) is 1. The van der Waals surface area contributed by atoms with Crippen LogP contribution in [-0.2, 0) is 11.3 Å². The summed E-state index contributed by atoms with van der Waals surface area (Å²) in [4.78, 5) is 10.3. The zero-order valence-corrected chi connectivity index (χ0v) is 9.80. The van der Waals surface area contributed by atoms with Crippen molar-refractivity contribution in [1.29, 1.82) is 0 Å². The third-order valence-corrected chi connectivity index (χ3v) is 2.71. The molecule has 0 saturated heterocycles. The highest BCUT2D eigenvalue weighted by atomic mass is 16.4. The first-order valence-electron chi connectivity index (χ1n) is 5.90. The number of aromatic hydroxyl groups is 2. The first kappa shape index (κ1) is 13.4. The summed E-state index contributed by atoms with van der Waals surface area (Å²) in [6.45, 7) is 0.587. The van der Waals surface area contributed by atoms with Crippen LogP contribution in [-0.4, -0.2) is 25.9 Å². The van der Waals surface area contributed by atoms with E-state index in [2.05, 4.69) is 0 Å². The number of unbranched alkanes of at least 4 members (excludes halogenated alkanes) is 4. The van der Waals surface area contributed by atoms with Crippen molar-refractivity contribution in [2.75, 3.05) is 0 Å². The molecule has 1 rings (SSSR count). The predicted molar refractivity (Wildman–Crippen MR) is 63.1 cm³/mol. The van der Waals surface area contributed by atoms with E-state index in [1.165, 1.54) is 16.7 Å². The summed E-state index contributed by atoms with van der Waals surface area (Å²) in [5.74, 6) is -0.589. The number of carbonyl (C=O) groups is 1. The van der Waals surface area contributed by atoms with Crippen LogP contribution < -0.4 is 0 Å². The second kappa shape index (κ2) is 6.83. The average Bonchev–Trinajstić information content (AvgIpc) is 2.58. The van der Waals surface area contributed by atoms with E-state index in [4.69, 9.17) is 5.11 Å². The Balaban J connectivity index is 2.07. The minimum atomic E-state index is -0.743. The molecule has 0 aliphatic heterocycles. The third-order valence-electron chi connectivity index (χ3n) is 2.71. The van der Waals surface area contributed by atoms with E-state index < -0.39 is 5.97 Å². The molecule has 5 heteroatoms. The molecule has 0 atom stereocenters. The molecule has 3 N–H and O–H groups in total. The van der Waals surface area contributed by atoms with Crippen molar-refractivity contribution in [3.8, 4) is 11.8 Å². The van der Waals surface area contributed by atoms with Crippen molar-refractivity contribution in [1.82, 2.24) is 4.57 Å². The van der Waals surface area contributed by atoms with Crippen LogP contribution in [0.25, 0.3) is 0 Å². The molecule has 0 saturated carbocycles. The van der Waals surface area contributed by atoms with Crippen molar-refractivity contribution in [2.24, 2.45) is 0 Å². The van der Waals surface area contributed by atoms with Gasteiger partial charge in [0.05, 0.1) is 0 Å². The van der Waals surface area contributed by atoms with E-state index in [1.807, 2.05) is 0 Å². The minimum absolute atomic E-state index is 0.0772. The monoisotopic (exact) mass is 241 g/mol. The van der Waals surface area contributed by atoms with Crippen LogP contribution in [0.3, 0.4) is 0 Å². The lowest BCUT2D eigenvalue weighted by atomic mass is 10.1. The number of hydrogen-bond acceptors (Lipinski definition) is 3. The van der Waals surface area contributed by atoms with Crippen molar-refractivity contribution in [3.05, 3.63) is 12.1 Å². The summed E-state index contributed by atoms with van der Waals surface area (Å²) < 4.78 is 1.46. The van der Waals surface area contributed by atoms with Crippen molar-refractivity contribution in [2.45, 2.75) is 45.1 Å². The molecule has 0 amide bonds. The van der Waals surface area contributed by atoms with Crippen LogP contribution in [0.15, 0.2) is 12.1 Å². The van der Waals surface area contributed by atoms with Gasteiger partial charge in [0, 0.05) is 25.1 Å². The summed E-state index contributed by atoms with van der Waals surface area (Å²) in [6.07, 6.45) is 4.68. The Morgan fingerprint density at radius 1 is 1.00 bits per heavy atom. The summed E-state index contributed by atoms with van der Waals surface area (Å²) in [6, 6.07) is 2.92. The average molecular weight is 241 g/mol. The number of carboxylic acid groups (broad SMARTS) is 1. The molecular weight excluding hydrogens is 222 g/mol. The second-order valence-electron chi connectivity index (χ2n) is 4.11. The quantitative estimate of drug-likeness (QED) is 0.610. The van der Waals surface area contributed by atoms with Crippen LogP contribution in [0.2, 0.25) is 0 Å². The normalized spacial score (nSPS) is 10.6. The van der Waals surface area contributed by atoms with E-state index in [0.29, 0.717) is 6.54 Å². The van der Waals surface area contributed by atoms with Crippen molar-refractivity contribution < 1.29 is 20.1 Å². The van der Waals surface area contributed by atoms with E-state index in [9.17, 15) is 15.0 Å². The van der Waals surface area contributed by atoms with Gasteiger partial charge in [0.2, 0.25) is 0 Å². The minimum Gasteiger partial charge on any atom is -0.494 e. The van der Waals surface area contributed by atoms with Gasteiger partial charge in [-0.15, -0.1) is 0 Å². The van der Waals surface area contributed by atoms with Gasteiger partial charge in [0.25, 0.3) is 0 Å². The largest absolute Gasteiger partial charge is 0.494 e. The van der Waals surface area contributed by atoms with Crippen molar-refractivity contribution in [3.63, 3.8) is 0 Å². The molecule has 96 valence electrons. The fourth-order valence-corrected chi connectivity index (χ4v) is 1.75. The van der Waals surface area contributed by atoms with Crippen LogP contribution in [0.1, 0.15) is 38.5 Å². The molecule has 0 fully saturated rings. The molecule has 0 bridgehead atoms. The first-order valence-corrected chi connectivity index (χ1v) is 5.90. The maximum absolute atomic E-state index is 10.3. The molecule has 0 radical (unpaired) electrons. The first-order chi connectivity index (χ1) is 8.11. The Morgan fingerprint density at radius 3 is 2.12 bits per heavy atom.